The lowest BCUT2D eigenvalue weighted by Crippen LogP contribution is -2.26. The third-order valence-corrected chi connectivity index (χ3v) is 4.16. The standard InChI is InChI=1S/C14H16N4OS/c1-2-15-14-18-17-13(20-14)12(19)16-11-8-10(11)9-6-4-3-5-7-9/h3-7,10-11H,2,8H2,1H3,(H,15,18)(H,16,19). The van der Waals surface area contributed by atoms with Crippen LogP contribution in [0.5, 0.6) is 0 Å². The van der Waals surface area contributed by atoms with Crippen LogP contribution in [0.25, 0.3) is 0 Å². The fourth-order valence-corrected chi connectivity index (χ4v) is 2.91. The first-order valence-corrected chi connectivity index (χ1v) is 7.52. The maximum Gasteiger partial charge on any atom is 0.282 e. The highest BCUT2D eigenvalue weighted by Gasteiger charge is 2.39. The van der Waals surface area contributed by atoms with Crippen LogP contribution in [-0.4, -0.2) is 28.7 Å². The molecule has 1 fully saturated rings. The molecule has 1 amide bonds. The zero-order valence-electron chi connectivity index (χ0n) is 11.2. The summed E-state index contributed by atoms with van der Waals surface area (Å²) in [4.78, 5) is 12.1. The Kier molecular flexibility index (Phi) is 3.64. The first-order chi connectivity index (χ1) is 9.78. The Balaban J connectivity index is 1.58. The molecular weight excluding hydrogens is 272 g/mol. The highest BCUT2D eigenvalue weighted by molar-refractivity contribution is 7.17. The van der Waals surface area contributed by atoms with Gasteiger partial charge in [0, 0.05) is 18.5 Å². The zero-order valence-corrected chi connectivity index (χ0v) is 12.0. The topological polar surface area (TPSA) is 66.9 Å². The minimum Gasteiger partial charge on any atom is -0.360 e. The molecule has 1 aliphatic carbocycles. The summed E-state index contributed by atoms with van der Waals surface area (Å²) < 4.78 is 0. The van der Waals surface area contributed by atoms with E-state index in [9.17, 15) is 4.79 Å². The quantitative estimate of drug-likeness (QED) is 0.885. The molecule has 2 N–H and O–H groups in total. The first-order valence-electron chi connectivity index (χ1n) is 6.71. The van der Waals surface area contributed by atoms with Crippen LogP contribution in [0.2, 0.25) is 0 Å². The van der Waals surface area contributed by atoms with Crippen molar-refractivity contribution in [1.82, 2.24) is 15.5 Å². The molecule has 0 spiro atoms. The molecule has 5 nitrogen and oxygen atoms in total. The van der Waals surface area contributed by atoms with Gasteiger partial charge in [0.15, 0.2) is 0 Å². The smallest absolute Gasteiger partial charge is 0.282 e. The maximum absolute atomic E-state index is 12.1. The summed E-state index contributed by atoms with van der Waals surface area (Å²) >= 11 is 1.29. The van der Waals surface area contributed by atoms with Crippen molar-refractivity contribution in [2.24, 2.45) is 0 Å². The number of anilines is 1. The monoisotopic (exact) mass is 288 g/mol. The van der Waals surface area contributed by atoms with E-state index in [0.29, 0.717) is 16.1 Å². The largest absolute Gasteiger partial charge is 0.360 e. The van der Waals surface area contributed by atoms with Crippen LogP contribution < -0.4 is 10.6 Å². The number of aromatic nitrogens is 2. The van der Waals surface area contributed by atoms with Crippen LogP contribution in [-0.2, 0) is 0 Å². The van der Waals surface area contributed by atoms with E-state index in [1.165, 1.54) is 16.9 Å². The Hall–Kier alpha value is -1.95. The number of benzene rings is 1. The van der Waals surface area contributed by atoms with Crippen molar-refractivity contribution >= 4 is 22.4 Å². The van der Waals surface area contributed by atoms with Crippen molar-refractivity contribution in [2.45, 2.75) is 25.3 Å². The molecule has 0 aliphatic heterocycles. The summed E-state index contributed by atoms with van der Waals surface area (Å²) in [6, 6.07) is 10.5. The van der Waals surface area contributed by atoms with Gasteiger partial charge in [0.05, 0.1) is 0 Å². The Labute approximate surface area is 121 Å². The third kappa shape index (κ3) is 2.80. The summed E-state index contributed by atoms with van der Waals surface area (Å²) in [7, 11) is 0. The van der Waals surface area contributed by atoms with Crippen LogP contribution in [0.1, 0.15) is 34.6 Å². The molecule has 1 saturated carbocycles. The lowest BCUT2D eigenvalue weighted by Gasteiger charge is -2.02. The van der Waals surface area contributed by atoms with E-state index < -0.39 is 0 Å². The van der Waals surface area contributed by atoms with Gasteiger partial charge in [-0.25, -0.2) is 0 Å². The number of amides is 1. The molecule has 0 bridgehead atoms. The molecule has 0 saturated heterocycles. The highest BCUT2D eigenvalue weighted by atomic mass is 32.1. The predicted octanol–water partition coefficient (Wildman–Crippen LogP) is 2.26. The van der Waals surface area contributed by atoms with E-state index in [-0.39, 0.29) is 11.9 Å². The van der Waals surface area contributed by atoms with Gasteiger partial charge in [-0.05, 0) is 18.9 Å². The number of carbonyl (C=O) groups is 1. The van der Waals surface area contributed by atoms with Crippen molar-refractivity contribution < 1.29 is 4.79 Å². The van der Waals surface area contributed by atoms with Gasteiger partial charge in [-0.1, -0.05) is 41.7 Å². The number of hydrogen-bond acceptors (Lipinski definition) is 5. The van der Waals surface area contributed by atoms with Crippen LogP contribution in [0, 0.1) is 0 Å². The highest BCUT2D eigenvalue weighted by Crippen LogP contribution is 2.40. The van der Waals surface area contributed by atoms with E-state index >= 15 is 0 Å². The fourth-order valence-electron chi connectivity index (χ4n) is 2.19. The normalized spacial score (nSPS) is 20.4. The molecular formula is C14H16N4OS. The van der Waals surface area contributed by atoms with E-state index in [1.807, 2.05) is 25.1 Å². The van der Waals surface area contributed by atoms with E-state index in [0.717, 1.165) is 13.0 Å². The zero-order chi connectivity index (χ0) is 13.9. The summed E-state index contributed by atoms with van der Waals surface area (Å²) in [6.07, 6.45) is 0.995. The molecule has 6 heteroatoms. The number of hydrogen-bond donors (Lipinski definition) is 2. The maximum atomic E-state index is 12.1. The first kappa shape index (κ1) is 13.1. The predicted molar refractivity (Wildman–Crippen MR) is 79.1 cm³/mol. The molecule has 2 atom stereocenters. The molecule has 2 aromatic rings. The SMILES string of the molecule is CCNc1nnc(C(=O)NC2CC2c2ccccc2)s1. The third-order valence-electron chi connectivity index (χ3n) is 3.28. The van der Waals surface area contributed by atoms with Crippen LogP contribution in [0.15, 0.2) is 30.3 Å². The number of nitrogens with zero attached hydrogens (tertiary/aromatic N) is 2. The fraction of sp³-hybridized carbons (Fsp3) is 0.357. The second kappa shape index (κ2) is 5.58. The van der Waals surface area contributed by atoms with Crippen molar-refractivity contribution in [3.05, 3.63) is 40.9 Å². The van der Waals surface area contributed by atoms with Gasteiger partial charge in [-0.3, -0.25) is 4.79 Å². The number of nitrogens with one attached hydrogen (secondary N) is 2. The minimum atomic E-state index is -0.130. The molecule has 1 aromatic heterocycles. The van der Waals surface area contributed by atoms with E-state index in [4.69, 9.17) is 0 Å². The molecule has 104 valence electrons. The van der Waals surface area contributed by atoms with Crippen molar-refractivity contribution in [1.29, 1.82) is 0 Å². The van der Waals surface area contributed by atoms with Crippen LogP contribution in [0.4, 0.5) is 5.13 Å². The summed E-state index contributed by atoms with van der Waals surface area (Å²) in [5.41, 5.74) is 1.28. The van der Waals surface area contributed by atoms with Gasteiger partial charge in [0.2, 0.25) is 10.1 Å². The molecule has 20 heavy (non-hydrogen) atoms. The van der Waals surface area contributed by atoms with Gasteiger partial charge in [0.1, 0.15) is 0 Å². The van der Waals surface area contributed by atoms with Gasteiger partial charge >= 0.3 is 0 Å². The molecule has 1 aliphatic rings. The number of rotatable bonds is 5. The van der Waals surface area contributed by atoms with Gasteiger partial charge in [-0.15, -0.1) is 10.2 Å². The van der Waals surface area contributed by atoms with Gasteiger partial charge in [0.25, 0.3) is 5.91 Å². The Morgan fingerprint density at radius 3 is 2.90 bits per heavy atom. The molecule has 1 aromatic carbocycles. The van der Waals surface area contributed by atoms with E-state index in [1.54, 1.807) is 0 Å². The van der Waals surface area contributed by atoms with Crippen LogP contribution >= 0.6 is 11.3 Å². The second-order valence-corrected chi connectivity index (χ2v) is 5.75. The van der Waals surface area contributed by atoms with Crippen molar-refractivity contribution in [3.8, 4) is 0 Å². The van der Waals surface area contributed by atoms with Crippen LogP contribution in [0.3, 0.4) is 0 Å². The Morgan fingerprint density at radius 1 is 1.35 bits per heavy atom. The van der Waals surface area contributed by atoms with Gasteiger partial charge < -0.3 is 10.6 Å². The summed E-state index contributed by atoms with van der Waals surface area (Å²) in [5, 5.41) is 15.0. The Morgan fingerprint density at radius 2 is 2.15 bits per heavy atom. The van der Waals surface area contributed by atoms with E-state index in [2.05, 4.69) is 33.0 Å². The average molecular weight is 288 g/mol. The summed E-state index contributed by atoms with van der Waals surface area (Å²) in [6.45, 7) is 2.75. The molecule has 1 heterocycles. The van der Waals surface area contributed by atoms with Gasteiger partial charge in [-0.2, -0.15) is 0 Å². The number of carbonyl (C=O) groups excluding carboxylic acids is 1. The molecule has 3 rings (SSSR count). The Bertz CT molecular complexity index is 598. The lowest BCUT2D eigenvalue weighted by molar-refractivity contribution is 0.0949. The minimum absolute atomic E-state index is 0.130. The second-order valence-electron chi connectivity index (χ2n) is 4.78. The molecule has 0 radical (unpaired) electrons. The average Bonchev–Trinajstić information content (AvgIpc) is 3.07. The molecule has 2 unspecified atom stereocenters. The van der Waals surface area contributed by atoms with Crippen molar-refractivity contribution in [2.75, 3.05) is 11.9 Å². The lowest BCUT2D eigenvalue weighted by atomic mass is 10.1. The van der Waals surface area contributed by atoms with Crippen molar-refractivity contribution in [3.63, 3.8) is 0 Å². The summed E-state index contributed by atoms with van der Waals surface area (Å²) in [5.74, 6) is 0.302.